The number of nitrogens with zero attached hydrogens (tertiary/aromatic N) is 1. The molecule has 4 heteroatoms. The number of carbonyl (C=O) groups excluding carboxylic acids is 1. The van der Waals surface area contributed by atoms with Crippen LogP contribution in [0, 0.1) is 0 Å². The largest absolute Gasteiger partial charge is 0.301 e. The first-order valence-electron chi connectivity index (χ1n) is 8.07. The second-order valence-electron chi connectivity index (χ2n) is 5.70. The Bertz CT molecular complexity index is 923. The van der Waals surface area contributed by atoms with Crippen molar-refractivity contribution in [2.24, 2.45) is 4.99 Å². The Morgan fingerprint density at radius 1 is 0.840 bits per heavy atom. The first kappa shape index (κ1) is 15.7. The van der Waals surface area contributed by atoms with Crippen molar-refractivity contribution >= 4 is 28.5 Å². The van der Waals surface area contributed by atoms with Gasteiger partial charge in [-0.15, -0.1) is 0 Å². The molecule has 0 saturated carbocycles. The molecule has 3 nitrogen and oxygen atoms in total. The number of amidine groups is 1. The van der Waals surface area contributed by atoms with Crippen molar-refractivity contribution in [1.29, 1.82) is 0 Å². The summed E-state index contributed by atoms with van der Waals surface area (Å²) in [4.78, 5) is 17.1. The van der Waals surface area contributed by atoms with Gasteiger partial charge in [0, 0.05) is 5.56 Å². The van der Waals surface area contributed by atoms with Crippen LogP contribution >= 0.6 is 11.8 Å². The maximum Gasteiger partial charge on any atom is 0.257 e. The molecule has 3 aromatic rings. The van der Waals surface area contributed by atoms with Gasteiger partial charge in [0.05, 0.1) is 10.9 Å². The van der Waals surface area contributed by atoms with Crippen LogP contribution in [0.5, 0.6) is 0 Å². The third kappa shape index (κ3) is 3.35. The molecule has 0 radical (unpaired) electrons. The van der Waals surface area contributed by atoms with Gasteiger partial charge in [0.25, 0.3) is 5.91 Å². The number of fused-ring (bicyclic) bond motifs is 1. The lowest BCUT2D eigenvalue weighted by molar-refractivity contribution is 0.0978. The van der Waals surface area contributed by atoms with Crippen LogP contribution in [0.1, 0.15) is 26.7 Å². The molecular formula is C21H16N2OS. The molecule has 0 saturated heterocycles. The molecule has 1 aliphatic rings. The van der Waals surface area contributed by atoms with Crippen LogP contribution in [0.15, 0.2) is 89.9 Å². The second kappa shape index (κ2) is 6.95. The van der Waals surface area contributed by atoms with Gasteiger partial charge in [-0.25, -0.2) is 4.99 Å². The summed E-state index contributed by atoms with van der Waals surface area (Å²) in [6.45, 7) is 0. The number of hydrogen-bond acceptors (Lipinski definition) is 3. The zero-order chi connectivity index (χ0) is 17.1. The van der Waals surface area contributed by atoms with Crippen molar-refractivity contribution in [3.8, 4) is 0 Å². The molecule has 122 valence electrons. The van der Waals surface area contributed by atoms with Gasteiger partial charge in [0.15, 0.2) is 5.17 Å². The number of thioether (sulfide) groups is 1. The third-order valence-corrected chi connectivity index (χ3v) is 5.21. The molecule has 1 atom stereocenters. The van der Waals surface area contributed by atoms with Crippen LogP contribution in [-0.4, -0.2) is 11.1 Å². The van der Waals surface area contributed by atoms with Gasteiger partial charge < -0.3 is 5.32 Å². The Labute approximate surface area is 150 Å². The molecule has 1 heterocycles. The van der Waals surface area contributed by atoms with Crippen LogP contribution in [-0.2, 0) is 0 Å². The zero-order valence-corrected chi connectivity index (χ0v) is 14.2. The van der Waals surface area contributed by atoms with Crippen LogP contribution in [0.2, 0.25) is 0 Å². The molecule has 0 fully saturated rings. The van der Waals surface area contributed by atoms with E-state index in [0.29, 0.717) is 10.7 Å². The van der Waals surface area contributed by atoms with E-state index in [1.54, 1.807) is 23.9 Å². The summed E-state index contributed by atoms with van der Waals surface area (Å²) in [7, 11) is 0. The minimum Gasteiger partial charge on any atom is -0.301 e. The molecule has 0 bridgehead atoms. The van der Waals surface area contributed by atoms with Gasteiger partial charge in [0.1, 0.15) is 0 Å². The molecule has 0 spiro atoms. The number of hydrogen-bond donors (Lipinski definition) is 1. The van der Waals surface area contributed by atoms with E-state index >= 15 is 0 Å². The topological polar surface area (TPSA) is 41.5 Å². The summed E-state index contributed by atoms with van der Waals surface area (Å²) in [5.74, 6) is -0.141. The molecule has 1 N–H and O–H groups in total. The Morgan fingerprint density at radius 2 is 1.48 bits per heavy atom. The lowest BCUT2D eigenvalue weighted by Gasteiger charge is -2.24. The standard InChI is InChI=1S/C21H16N2OS/c24-20(16-11-5-2-6-12-16)23-21-22-18-14-8-7-13-17(18)19(25-21)15-9-3-1-4-10-15/h1-14,19H,(H,22,23,24). The highest BCUT2D eigenvalue weighted by atomic mass is 32.2. The lowest BCUT2D eigenvalue weighted by Crippen LogP contribution is -2.30. The van der Waals surface area contributed by atoms with E-state index in [4.69, 9.17) is 0 Å². The average molecular weight is 344 g/mol. The number of amides is 1. The van der Waals surface area contributed by atoms with Crippen LogP contribution in [0.3, 0.4) is 0 Å². The zero-order valence-electron chi connectivity index (χ0n) is 13.4. The summed E-state index contributed by atoms with van der Waals surface area (Å²) in [5.41, 5.74) is 3.89. The van der Waals surface area contributed by atoms with E-state index in [-0.39, 0.29) is 11.2 Å². The highest BCUT2D eigenvalue weighted by Crippen LogP contribution is 2.44. The summed E-state index contributed by atoms with van der Waals surface area (Å²) < 4.78 is 0. The highest BCUT2D eigenvalue weighted by Gasteiger charge is 2.25. The smallest absolute Gasteiger partial charge is 0.257 e. The monoisotopic (exact) mass is 344 g/mol. The fourth-order valence-electron chi connectivity index (χ4n) is 2.81. The maximum absolute atomic E-state index is 12.5. The summed E-state index contributed by atoms with van der Waals surface area (Å²) >= 11 is 1.57. The van der Waals surface area contributed by atoms with Crippen LogP contribution in [0.25, 0.3) is 0 Å². The molecule has 0 aromatic heterocycles. The van der Waals surface area contributed by atoms with E-state index in [0.717, 1.165) is 11.3 Å². The van der Waals surface area contributed by atoms with Crippen LogP contribution < -0.4 is 5.32 Å². The number of nitrogens with one attached hydrogen (secondary N) is 1. The van der Waals surface area contributed by atoms with Crippen molar-refractivity contribution in [3.05, 3.63) is 102 Å². The Kier molecular flexibility index (Phi) is 4.36. The molecule has 4 rings (SSSR count). The fourth-order valence-corrected chi connectivity index (χ4v) is 3.96. The second-order valence-corrected chi connectivity index (χ2v) is 6.80. The Morgan fingerprint density at radius 3 is 2.24 bits per heavy atom. The summed E-state index contributed by atoms with van der Waals surface area (Å²) in [6.07, 6.45) is 0. The van der Waals surface area contributed by atoms with Crippen molar-refractivity contribution in [2.45, 2.75) is 5.25 Å². The van der Waals surface area contributed by atoms with E-state index in [1.807, 2.05) is 54.6 Å². The van der Waals surface area contributed by atoms with E-state index in [9.17, 15) is 4.79 Å². The minimum atomic E-state index is -0.141. The van der Waals surface area contributed by atoms with Gasteiger partial charge in [-0.05, 0) is 29.3 Å². The lowest BCUT2D eigenvalue weighted by atomic mass is 10.0. The fraction of sp³-hybridized carbons (Fsp3) is 0.0476. The summed E-state index contributed by atoms with van der Waals surface area (Å²) in [5, 5.41) is 3.69. The predicted octanol–water partition coefficient (Wildman–Crippen LogP) is 4.94. The molecule has 1 unspecified atom stereocenters. The SMILES string of the molecule is O=C(NC1=Nc2ccccc2C(c2ccccc2)S1)c1ccccc1. The van der Waals surface area contributed by atoms with Crippen LogP contribution in [0.4, 0.5) is 5.69 Å². The average Bonchev–Trinajstić information content (AvgIpc) is 2.68. The van der Waals surface area contributed by atoms with Gasteiger partial charge in [-0.3, -0.25) is 4.79 Å². The Balaban J connectivity index is 1.66. The number of carbonyl (C=O) groups is 1. The minimum absolute atomic E-state index is 0.112. The Hall–Kier alpha value is -2.85. The predicted molar refractivity (Wildman–Crippen MR) is 103 cm³/mol. The number of aliphatic imine (C=N–C) groups is 1. The van der Waals surface area contributed by atoms with Crippen molar-refractivity contribution in [2.75, 3.05) is 0 Å². The molecule has 3 aromatic carbocycles. The molecule has 1 aliphatic heterocycles. The number of benzene rings is 3. The first-order valence-corrected chi connectivity index (χ1v) is 8.95. The normalized spacial score (nSPS) is 15.8. The quantitative estimate of drug-likeness (QED) is 0.715. The number of para-hydroxylation sites is 1. The molecule has 1 amide bonds. The highest BCUT2D eigenvalue weighted by molar-refractivity contribution is 8.14. The van der Waals surface area contributed by atoms with Crippen molar-refractivity contribution in [1.82, 2.24) is 5.32 Å². The van der Waals surface area contributed by atoms with Crippen molar-refractivity contribution in [3.63, 3.8) is 0 Å². The number of rotatable bonds is 2. The van der Waals surface area contributed by atoms with E-state index in [2.05, 4.69) is 28.5 Å². The van der Waals surface area contributed by atoms with Gasteiger partial charge in [-0.2, -0.15) is 0 Å². The molecule has 25 heavy (non-hydrogen) atoms. The third-order valence-electron chi connectivity index (χ3n) is 4.03. The maximum atomic E-state index is 12.5. The van der Waals surface area contributed by atoms with Gasteiger partial charge >= 0.3 is 0 Å². The van der Waals surface area contributed by atoms with Gasteiger partial charge in [-0.1, -0.05) is 78.5 Å². The van der Waals surface area contributed by atoms with E-state index < -0.39 is 0 Å². The van der Waals surface area contributed by atoms with Crippen molar-refractivity contribution < 1.29 is 4.79 Å². The van der Waals surface area contributed by atoms with E-state index in [1.165, 1.54) is 5.56 Å². The molecule has 0 aliphatic carbocycles. The van der Waals surface area contributed by atoms with Gasteiger partial charge in [0.2, 0.25) is 0 Å². The summed E-state index contributed by atoms with van der Waals surface area (Å²) in [6, 6.07) is 27.6. The first-order chi connectivity index (χ1) is 12.3. The molecular weight excluding hydrogens is 328 g/mol.